The highest BCUT2D eigenvalue weighted by atomic mass is 79.9. The fourth-order valence-corrected chi connectivity index (χ4v) is 3.76. The zero-order chi connectivity index (χ0) is 6.15. The van der Waals surface area contributed by atoms with Crippen molar-refractivity contribution in [1.82, 2.24) is 0 Å². The van der Waals surface area contributed by atoms with Crippen molar-refractivity contribution in [3.05, 3.63) is 17.8 Å². The third kappa shape index (κ3) is 1.21. The quantitative estimate of drug-likeness (QED) is 0.666. The van der Waals surface area contributed by atoms with Gasteiger partial charge < -0.3 is 0 Å². The molecule has 0 radical (unpaired) electrons. The predicted octanol–water partition coefficient (Wildman–Crippen LogP) is 2.69. The van der Waals surface area contributed by atoms with Crippen LogP contribution >= 0.6 is 52.5 Å². The lowest BCUT2D eigenvalue weighted by molar-refractivity contribution is 1.75. The highest BCUT2D eigenvalue weighted by Crippen LogP contribution is 2.26. The second-order valence-electron chi connectivity index (χ2n) is 1.04. The normalized spacial score (nSPS) is 9.75. The lowest BCUT2D eigenvalue weighted by atomic mass is 10.8. The van der Waals surface area contributed by atoms with Crippen LogP contribution in [0.15, 0.2) is 13.1 Å². The van der Waals surface area contributed by atoms with E-state index in [0.717, 1.165) is 3.79 Å². The Labute approximate surface area is 70.0 Å². The molecule has 0 saturated carbocycles. The first-order chi connectivity index (χ1) is 3.72. The smallest absolute Gasteiger partial charge is 0.258 e. The predicted molar refractivity (Wildman–Crippen MR) is 43.9 cm³/mol. The summed E-state index contributed by atoms with van der Waals surface area (Å²) in [7, 11) is 2.65. The van der Waals surface area contributed by atoms with Crippen LogP contribution in [-0.4, -0.2) is 0 Å². The largest absolute Gasteiger partial charge is 0.276 e. The van der Waals surface area contributed by atoms with Gasteiger partial charge in [0.15, 0.2) is 0 Å². The van der Waals surface area contributed by atoms with Crippen LogP contribution in [0.1, 0.15) is 0 Å². The average Bonchev–Trinajstić information content (AvgIpc) is 1.98. The first-order valence-corrected chi connectivity index (χ1v) is 5.39. The molecule has 0 saturated heterocycles. The second-order valence-corrected chi connectivity index (χ2v) is 5.27. The van der Waals surface area contributed by atoms with Crippen LogP contribution in [0.3, 0.4) is 0 Å². The minimum absolute atomic E-state index is 0.0851. The van der Waals surface area contributed by atoms with Crippen molar-refractivity contribution in [1.29, 1.82) is 0 Å². The minimum Gasteiger partial charge on any atom is -0.276 e. The monoisotopic (exact) mass is 274 g/mol. The number of hydrogen-bond acceptors (Lipinski definition) is 3. The van der Waals surface area contributed by atoms with E-state index in [2.05, 4.69) is 31.9 Å². The molecule has 0 aromatic carbocycles. The maximum absolute atomic E-state index is 10.6. The van der Waals surface area contributed by atoms with Crippen LogP contribution in [-0.2, 0) is 0 Å². The summed E-state index contributed by atoms with van der Waals surface area (Å²) in [6, 6.07) is 0. The van der Waals surface area contributed by atoms with Gasteiger partial charge in [-0.05, 0) is 42.2 Å². The number of halogens is 2. The average molecular weight is 276 g/mol. The van der Waals surface area contributed by atoms with Crippen molar-refractivity contribution in [3.8, 4) is 0 Å². The van der Waals surface area contributed by atoms with Crippen LogP contribution in [0, 0.1) is 0 Å². The summed E-state index contributed by atoms with van der Waals surface area (Å²) < 4.78 is 1.61. The standard InChI is InChI=1S/C3Br2OS2/c4-1-2(5)7-8-3(1)6. The van der Waals surface area contributed by atoms with E-state index in [4.69, 9.17) is 0 Å². The van der Waals surface area contributed by atoms with Gasteiger partial charge in [-0.3, -0.25) is 4.79 Å². The molecule has 1 heterocycles. The molecular weight excluding hydrogens is 276 g/mol. The zero-order valence-electron chi connectivity index (χ0n) is 3.48. The van der Waals surface area contributed by atoms with E-state index in [1.807, 2.05) is 0 Å². The van der Waals surface area contributed by atoms with Crippen LogP contribution < -0.4 is 4.74 Å². The van der Waals surface area contributed by atoms with Gasteiger partial charge in [-0.15, -0.1) is 0 Å². The summed E-state index contributed by atoms with van der Waals surface area (Å²) in [5.74, 6) is 0. The van der Waals surface area contributed by atoms with Gasteiger partial charge in [-0.2, -0.15) is 0 Å². The van der Waals surface area contributed by atoms with Gasteiger partial charge >= 0.3 is 0 Å². The highest BCUT2D eigenvalue weighted by Gasteiger charge is 2.01. The molecule has 0 unspecified atom stereocenters. The Bertz CT molecular complexity index is 238. The van der Waals surface area contributed by atoms with E-state index in [1.165, 1.54) is 20.7 Å². The van der Waals surface area contributed by atoms with E-state index in [9.17, 15) is 4.79 Å². The Balaban J connectivity index is 3.41. The first-order valence-electron chi connectivity index (χ1n) is 1.66. The van der Waals surface area contributed by atoms with Gasteiger partial charge in [0.2, 0.25) is 0 Å². The third-order valence-electron chi connectivity index (χ3n) is 0.542. The summed E-state index contributed by atoms with van der Waals surface area (Å²) in [5, 5.41) is 0. The van der Waals surface area contributed by atoms with Crippen molar-refractivity contribution in [2.24, 2.45) is 0 Å². The zero-order valence-corrected chi connectivity index (χ0v) is 8.29. The Morgan fingerprint density at radius 3 is 2.00 bits per heavy atom. The Hall–Kier alpha value is 0.810. The van der Waals surface area contributed by atoms with Gasteiger partial charge in [0.1, 0.15) is 4.47 Å². The molecule has 1 rings (SSSR count). The van der Waals surface area contributed by atoms with Crippen molar-refractivity contribution >= 4 is 52.5 Å². The number of rotatable bonds is 0. The van der Waals surface area contributed by atoms with E-state index in [0.29, 0.717) is 4.47 Å². The number of hydrogen-bond donors (Lipinski definition) is 0. The molecule has 1 aromatic heterocycles. The first kappa shape index (κ1) is 6.92. The molecular formula is C3Br2OS2. The minimum atomic E-state index is 0.0851. The molecule has 1 nitrogen and oxygen atoms in total. The Kier molecular flexibility index (Phi) is 2.25. The Morgan fingerprint density at radius 1 is 1.25 bits per heavy atom. The maximum atomic E-state index is 10.6. The molecule has 44 valence electrons. The fraction of sp³-hybridized carbons (Fsp3) is 0. The topological polar surface area (TPSA) is 17.1 Å². The molecule has 0 aliphatic rings. The van der Waals surface area contributed by atoms with Crippen molar-refractivity contribution in [2.75, 3.05) is 0 Å². The van der Waals surface area contributed by atoms with E-state index < -0.39 is 0 Å². The molecule has 0 atom stereocenters. The molecule has 1 aromatic rings. The molecule has 5 heteroatoms. The maximum Gasteiger partial charge on any atom is 0.258 e. The van der Waals surface area contributed by atoms with Gasteiger partial charge in [0, 0.05) is 0 Å². The molecule has 0 fully saturated rings. The fourth-order valence-electron chi connectivity index (χ4n) is 0.228. The van der Waals surface area contributed by atoms with Crippen LogP contribution in [0.5, 0.6) is 0 Å². The lowest BCUT2D eigenvalue weighted by Crippen LogP contribution is -1.85. The van der Waals surface area contributed by atoms with Crippen LogP contribution in [0.25, 0.3) is 0 Å². The second kappa shape index (κ2) is 2.60. The molecule has 0 spiro atoms. The van der Waals surface area contributed by atoms with Crippen molar-refractivity contribution in [3.63, 3.8) is 0 Å². The lowest BCUT2D eigenvalue weighted by Gasteiger charge is -1.72. The Morgan fingerprint density at radius 2 is 1.88 bits per heavy atom. The molecule has 0 aliphatic heterocycles. The summed E-state index contributed by atoms with van der Waals surface area (Å²) in [6.45, 7) is 0. The van der Waals surface area contributed by atoms with Gasteiger partial charge in [0.05, 0.1) is 3.79 Å². The summed E-state index contributed by atoms with van der Waals surface area (Å²) in [6.07, 6.45) is 0. The summed E-state index contributed by atoms with van der Waals surface area (Å²) in [4.78, 5) is 10.6. The molecule has 0 aliphatic carbocycles. The van der Waals surface area contributed by atoms with Crippen LogP contribution in [0.4, 0.5) is 0 Å². The highest BCUT2D eigenvalue weighted by molar-refractivity contribution is 9.13. The van der Waals surface area contributed by atoms with Crippen LogP contribution in [0.2, 0.25) is 0 Å². The molecule has 8 heavy (non-hydrogen) atoms. The van der Waals surface area contributed by atoms with Gasteiger partial charge in [-0.1, -0.05) is 10.3 Å². The van der Waals surface area contributed by atoms with E-state index in [-0.39, 0.29) is 4.74 Å². The van der Waals surface area contributed by atoms with E-state index >= 15 is 0 Å². The molecule has 0 bridgehead atoms. The molecule has 0 amide bonds. The molecule has 0 N–H and O–H groups in total. The summed E-state index contributed by atoms with van der Waals surface area (Å²) in [5.41, 5.74) is 0. The van der Waals surface area contributed by atoms with Gasteiger partial charge in [0.25, 0.3) is 4.74 Å². The summed E-state index contributed by atoms with van der Waals surface area (Å²) >= 11 is 6.31. The van der Waals surface area contributed by atoms with Crippen molar-refractivity contribution < 1.29 is 0 Å². The third-order valence-corrected chi connectivity index (χ3v) is 5.87. The van der Waals surface area contributed by atoms with E-state index in [1.54, 1.807) is 0 Å². The SMILES string of the molecule is O=c1ssc(Br)c1Br. The van der Waals surface area contributed by atoms with Gasteiger partial charge in [-0.25, -0.2) is 0 Å². The van der Waals surface area contributed by atoms with Crippen molar-refractivity contribution in [2.45, 2.75) is 0 Å².